The highest BCUT2D eigenvalue weighted by molar-refractivity contribution is 7.87. The minimum absolute atomic E-state index is 0.126. The van der Waals surface area contributed by atoms with Crippen molar-refractivity contribution in [3.05, 3.63) is 48.0 Å². The average molecular weight is 338 g/mol. The first-order valence-electron chi connectivity index (χ1n) is 7.13. The van der Waals surface area contributed by atoms with Crippen molar-refractivity contribution >= 4 is 16.0 Å². The molecule has 6 nitrogen and oxygen atoms in total. The number of carbonyl (C=O) groups excluding carboxylic acids is 1. The summed E-state index contributed by atoms with van der Waals surface area (Å²) < 4.78 is 42.3. The molecule has 1 saturated heterocycles. The number of H-pyrrole nitrogens is 1. The molecule has 1 amide bonds. The molecule has 1 fully saturated rings. The van der Waals surface area contributed by atoms with Gasteiger partial charge in [-0.05, 0) is 31.0 Å². The summed E-state index contributed by atoms with van der Waals surface area (Å²) in [5.74, 6) is -0.968. The van der Waals surface area contributed by atoms with Gasteiger partial charge in [-0.25, -0.2) is 4.39 Å². The molecule has 0 atom stereocenters. The predicted octanol–water partition coefficient (Wildman–Crippen LogP) is 2.16. The van der Waals surface area contributed by atoms with E-state index in [9.17, 15) is 17.6 Å². The Morgan fingerprint density at radius 3 is 2.65 bits per heavy atom. The lowest BCUT2D eigenvalue weighted by Gasteiger charge is -2.13. The summed E-state index contributed by atoms with van der Waals surface area (Å²) in [4.78, 5) is 16.3. The van der Waals surface area contributed by atoms with Crippen molar-refractivity contribution in [2.24, 2.45) is 0 Å². The van der Waals surface area contributed by atoms with Gasteiger partial charge < -0.3 is 14.1 Å². The lowest BCUT2D eigenvalue weighted by molar-refractivity contribution is 0.0787. The molecule has 0 aliphatic carbocycles. The number of aromatic nitrogens is 1. The maximum Gasteiger partial charge on any atom is 0.340 e. The summed E-state index contributed by atoms with van der Waals surface area (Å²) in [6.07, 6.45) is 3.08. The van der Waals surface area contributed by atoms with Crippen LogP contribution in [0.3, 0.4) is 0 Å². The van der Waals surface area contributed by atoms with Crippen molar-refractivity contribution in [1.29, 1.82) is 0 Å². The van der Waals surface area contributed by atoms with Crippen molar-refractivity contribution in [3.63, 3.8) is 0 Å². The van der Waals surface area contributed by atoms with Gasteiger partial charge in [0.25, 0.3) is 5.91 Å². The number of amides is 1. The monoisotopic (exact) mass is 338 g/mol. The molecule has 0 spiro atoms. The maximum atomic E-state index is 13.1. The molecule has 1 aromatic carbocycles. The van der Waals surface area contributed by atoms with Crippen molar-refractivity contribution in [2.75, 3.05) is 13.1 Å². The number of carbonyl (C=O) groups is 1. The molecular weight excluding hydrogens is 323 g/mol. The van der Waals surface area contributed by atoms with E-state index in [0.717, 1.165) is 18.9 Å². The summed E-state index contributed by atoms with van der Waals surface area (Å²) in [7, 11) is -4.13. The fourth-order valence-corrected chi connectivity index (χ4v) is 3.35. The number of hydrogen-bond acceptors (Lipinski definition) is 4. The van der Waals surface area contributed by atoms with Crippen LogP contribution in [-0.2, 0) is 10.1 Å². The molecule has 1 aliphatic heterocycles. The summed E-state index contributed by atoms with van der Waals surface area (Å²) >= 11 is 0. The van der Waals surface area contributed by atoms with Crippen LogP contribution in [-0.4, -0.2) is 37.3 Å². The minimum Gasteiger partial charge on any atom is -0.379 e. The first kappa shape index (κ1) is 15.5. The van der Waals surface area contributed by atoms with Crippen molar-refractivity contribution < 1.29 is 21.8 Å². The van der Waals surface area contributed by atoms with E-state index in [-0.39, 0.29) is 22.2 Å². The van der Waals surface area contributed by atoms with E-state index >= 15 is 0 Å². The van der Waals surface area contributed by atoms with Gasteiger partial charge in [-0.3, -0.25) is 4.79 Å². The number of hydrogen-bond donors (Lipinski definition) is 1. The molecule has 0 bridgehead atoms. The largest absolute Gasteiger partial charge is 0.379 e. The third-order valence-corrected chi connectivity index (χ3v) is 4.80. The Bertz CT molecular complexity index is 826. The topological polar surface area (TPSA) is 79.5 Å². The van der Waals surface area contributed by atoms with E-state index in [0.29, 0.717) is 13.1 Å². The van der Waals surface area contributed by atoms with Crippen LogP contribution in [0.2, 0.25) is 0 Å². The second-order valence-electron chi connectivity index (χ2n) is 5.24. The predicted molar refractivity (Wildman–Crippen MR) is 80.1 cm³/mol. The number of aromatic amines is 1. The molecule has 2 heterocycles. The number of rotatable bonds is 4. The number of nitrogens with one attached hydrogen (secondary N) is 1. The Labute approximate surface area is 133 Å². The van der Waals surface area contributed by atoms with Gasteiger partial charge in [0.15, 0.2) is 0 Å². The minimum atomic E-state index is -4.13. The summed E-state index contributed by atoms with van der Waals surface area (Å²) in [5, 5.41) is 0. The van der Waals surface area contributed by atoms with Crippen molar-refractivity contribution in [1.82, 2.24) is 9.88 Å². The Balaban J connectivity index is 1.79. The third kappa shape index (κ3) is 3.37. The Morgan fingerprint density at radius 2 is 1.96 bits per heavy atom. The highest BCUT2D eigenvalue weighted by Gasteiger charge is 2.24. The van der Waals surface area contributed by atoms with Crippen LogP contribution in [0.5, 0.6) is 5.75 Å². The van der Waals surface area contributed by atoms with Crippen LogP contribution in [0, 0.1) is 5.82 Å². The molecule has 0 unspecified atom stereocenters. The Kier molecular flexibility index (Phi) is 4.08. The number of halogens is 1. The Hall–Kier alpha value is -2.35. The lowest BCUT2D eigenvalue weighted by Crippen LogP contribution is -2.27. The van der Waals surface area contributed by atoms with Gasteiger partial charge in [0.2, 0.25) is 0 Å². The second-order valence-corrected chi connectivity index (χ2v) is 6.79. The van der Waals surface area contributed by atoms with Crippen LogP contribution < -0.4 is 4.18 Å². The van der Waals surface area contributed by atoms with E-state index in [1.165, 1.54) is 30.5 Å². The fourth-order valence-electron chi connectivity index (χ4n) is 2.43. The van der Waals surface area contributed by atoms with Crippen molar-refractivity contribution in [2.45, 2.75) is 17.7 Å². The zero-order chi connectivity index (χ0) is 16.4. The van der Waals surface area contributed by atoms with E-state index < -0.39 is 15.9 Å². The summed E-state index contributed by atoms with van der Waals surface area (Å²) in [6, 6.07) is 6.07. The average Bonchev–Trinajstić information content (AvgIpc) is 3.18. The first-order valence-corrected chi connectivity index (χ1v) is 8.54. The molecule has 3 rings (SSSR count). The van der Waals surface area contributed by atoms with E-state index in [2.05, 4.69) is 4.98 Å². The molecule has 23 heavy (non-hydrogen) atoms. The molecule has 1 aliphatic rings. The molecule has 1 aromatic heterocycles. The van der Waals surface area contributed by atoms with Gasteiger partial charge in [0.1, 0.15) is 22.2 Å². The molecule has 8 heteroatoms. The van der Waals surface area contributed by atoms with Gasteiger partial charge in [-0.1, -0.05) is 6.07 Å². The molecule has 2 aromatic rings. The lowest BCUT2D eigenvalue weighted by atomic mass is 10.3. The quantitative estimate of drug-likeness (QED) is 0.867. The smallest absolute Gasteiger partial charge is 0.340 e. The molecule has 122 valence electrons. The molecule has 0 radical (unpaired) electrons. The second kappa shape index (κ2) is 6.04. The zero-order valence-electron chi connectivity index (χ0n) is 12.2. The SMILES string of the molecule is O=C(c1cc(S(=O)(=O)Oc2cccc(F)c2)c[nH]1)N1CCCC1. The zero-order valence-corrected chi connectivity index (χ0v) is 13.0. The van der Waals surface area contributed by atoms with Crippen LogP contribution in [0.25, 0.3) is 0 Å². The van der Waals surface area contributed by atoms with Gasteiger partial charge in [-0.2, -0.15) is 8.42 Å². The van der Waals surface area contributed by atoms with E-state index in [1.54, 1.807) is 4.90 Å². The van der Waals surface area contributed by atoms with Gasteiger partial charge in [-0.15, -0.1) is 0 Å². The number of benzene rings is 1. The van der Waals surface area contributed by atoms with Crippen LogP contribution in [0.15, 0.2) is 41.4 Å². The maximum absolute atomic E-state index is 13.1. The highest BCUT2D eigenvalue weighted by Crippen LogP contribution is 2.21. The van der Waals surface area contributed by atoms with E-state index in [1.807, 2.05) is 0 Å². The molecule has 1 N–H and O–H groups in total. The molecular formula is C15H15FN2O4S. The number of nitrogens with zero attached hydrogens (tertiary/aromatic N) is 1. The fraction of sp³-hybridized carbons (Fsp3) is 0.267. The normalized spacial score (nSPS) is 14.9. The molecule has 0 saturated carbocycles. The van der Waals surface area contributed by atoms with Crippen LogP contribution in [0.4, 0.5) is 4.39 Å². The standard InChI is InChI=1S/C15H15FN2O4S/c16-11-4-3-5-12(8-11)22-23(20,21)13-9-14(17-10-13)15(19)18-6-1-2-7-18/h3-5,8-10,17H,1-2,6-7H2. The van der Waals surface area contributed by atoms with Gasteiger partial charge in [0, 0.05) is 25.4 Å². The van der Waals surface area contributed by atoms with Crippen LogP contribution in [0.1, 0.15) is 23.3 Å². The third-order valence-electron chi connectivity index (χ3n) is 3.57. The van der Waals surface area contributed by atoms with Gasteiger partial charge in [0.05, 0.1) is 0 Å². The summed E-state index contributed by atoms with van der Waals surface area (Å²) in [5.41, 5.74) is 0.188. The van der Waals surface area contributed by atoms with Gasteiger partial charge >= 0.3 is 10.1 Å². The summed E-state index contributed by atoms with van der Waals surface area (Å²) in [6.45, 7) is 1.33. The Morgan fingerprint density at radius 1 is 1.22 bits per heavy atom. The van der Waals surface area contributed by atoms with Crippen molar-refractivity contribution in [3.8, 4) is 5.75 Å². The van der Waals surface area contributed by atoms with Crippen LogP contribution >= 0.6 is 0 Å². The first-order chi connectivity index (χ1) is 11.0. The number of likely N-dealkylation sites (tertiary alicyclic amines) is 1. The highest BCUT2D eigenvalue weighted by atomic mass is 32.2. The van der Waals surface area contributed by atoms with E-state index in [4.69, 9.17) is 4.18 Å².